The fourth-order valence-corrected chi connectivity index (χ4v) is 2.25. The van der Waals surface area contributed by atoms with E-state index in [4.69, 9.17) is 5.73 Å². The first-order chi connectivity index (χ1) is 7.31. The third-order valence-corrected chi connectivity index (χ3v) is 3.20. The highest BCUT2D eigenvalue weighted by Crippen LogP contribution is 2.27. The molecule has 2 rings (SSSR count). The maximum Gasteiger partial charge on any atom is 0.0600 e. The van der Waals surface area contributed by atoms with Crippen LogP contribution >= 0.6 is 0 Å². The van der Waals surface area contributed by atoms with Crippen LogP contribution in [0.15, 0.2) is 18.2 Å². The van der Waals surface area contributed by atoms with Crippen molar-refractivity contribution in [1.29, 1.82) is 0 Å². The monoisotopic (exact) mass is 204 g/mol. The summed E-state index contributed by atoms with van der Waals surface area (Å²) in [5.74, 6) is 0. The molecule has 82 valence electrons. The molecule has 1 aliphatic heterocycles. The largest absolute Gasteiger partial charge is 0.397 e. The predicted molar refractivity (Wildman–Crippen MR) is 66.3 cm³/mol. The van der Waals surface area contributed by atoms with Crippen LogP contribution in [-0.2, 0) is 6.42 Å². The molecule has 0 atom stereocenters. The Bertz CT molecular complexity index is 327. The Kier molecular flexibility index (Phi) is 3.14. The highest BCUT2D eigenvalue weighted by atomic mass is 15.1. The molecule has 0 saturated carbocycles. The summed E-state index contributed by atoms with van der Waals surface area (Å²) in [6.45, 7) is 4.49. The van der Waals surface area contributed by atoms with Crippen LogP contribution < -0.4 is 10.6 Å². The van der Waals surface area contributed by atoms with Crippen molar-refractivity contribution in [2.24, 2.45) is 0 Å². The first kappa shape index (κ1) is 10.3. The summed E-state index contributed by atoms with van der Waals surface area (Å²) in [6.07, 6.45) is 5.03. The van der Waals surface area contributed by atoms with E-state index in [-0.39, 0.29) is 0 Å². The van der Waals surface area contributed by atoms with Gasteiger partial charge in [0.05, 0.1) is 11.4 Å². The number of anilines is 2. The molecule has 1 fully saturated rings. The molecule has 0 aromatic heterocycles. The van der Waals surface area contributed by atoms with Crippen LogP contribution in [-0.4, -0.2) is 13.1 Å². The normalized spacial score (nSPS) is 16.7. The first-order valence-electron chi connectivity index (χ1n) is 5.94. The minimum absolute atomic E-state index is 0.941. The van der Waals surface area contributed by atoms with Gasteiger partial charge in [0.25, 0.3) is 0 Å². The number of hydrogen-bond acceptors (Lipinski definition) is 2. The number of piperidine rings is 1. The summed E-state index contributed by atoms with van der Waals surface area (Å²) < 4.78 is 0. The van der Waals surface area contributed by atoms with E-state index >= 15 is 0 Å². The lowest BCUT2D eigenvalue weighted by atomic mass is 10.1. The van der Waals surface area contributed by atoms with Gasteiger partial charge in [-0.15, -0.1) is 0 Å². The molecule has 1 heterocycles. The second-order valence-corrected chi connectivity index (χ2v) is 4.29. The molecule has 1 saturated heterocycles. The van der Waals surface area contributed by atoms with Crippen LogP contribution in [0.4, 0.5) is 11.4 Å². The predicted octanol–water partition coefficient (Wildman–Crippen LogP) is 2.82. The van der Waals surface area contributed by atoms with Gasteiger partial charge in [0.15, 0.2) is 0 Å². The Morgan fingerprint density at radius 2 is 1.93 bits per heavy atom. The van der Waals surface area contributed by atoms with Gasteiger partial charge in [-0.1, -0.05) is 13.0 Å². The van der Waals surface area contributed by atoms with Gasteiger partial charge in [-0.05, 0) is 43.4 Å². The van der Waals surface area contributed by atoms with E-state index in [0.717, 1.165) is 25.2 Å². The summed E-state index contributed by atoms with van der Waals surface area (Å²) >= 11 is 0. The highest BCUT2D eigenvalue weighted by Gasteiger charge is 2.13. The minimum atomic E-state index is 0.941. The average Bonchev–Trinajstić information content (AvgIpc) is 2.30. The standard InChI is InChI=1S/C13H20N2/c1-2-11-6-7-13(12(14)10-11)15-8-4-3-5-9-15/h6-7,10H,2-5,8-9,14H2,1H3. The molecule has 1 aliphatic rings. The van der Waals surface area contributed by atoms with Crippen LogP contribution in [0.5, 0.6) is 0 Å². The maximum absolute atomic E-state index is 6.09. The van der Waals surface area contributed by atoms with Crippen LogP contribution in [0.2, 0.25) is 0 Å². The zero-order chi connectivity index (χ0) is 10.7. The summed E-state index contributed by atoms with van der Waals surface area (Å²) in [5.41, 5.74) is 9.58. The number of rotatable bonds is 2. The topological polar surface area (TPSA) is 29.3 Å². The maximum atomic E-state index is 6.09. The minimum Gasteiger partial charge on any atom is -0.397 e. The number of benzene rings is 1. The quantitative estimate of drug-likeness (QED) is 0.751. The molecule has 0 spiro atoms. The number of hydrogen-bond donors (Lipinski definition) is 1. The smallest absolute Gasteiger partial charge is 0.0600 e. The molecule has 2 nitrogen and oxygen atoms in total. The lowest BCUT2D eigenvalue weighted by Gasteiger charge is -2.30. The number of nitrogen functional groups attached to an aromatic ring is 1. The van der Waals surface area contributed by atoms with Gasteiger partial charge < -0.3 is 10.6 Å². The van der Waals surface area contributed by atoms with Crippen LogP contribution in [0, 0.1) is 0 Å². The Morgan fingerprint density at radius 1 is 1.20 bits per heavy atom. The van der Waals surface area contributed by atoms with E-state index in [9.17, 15) is 0 Å². The van der Waals surface area contributed by atoms with Gasteiger partial charge in [-0.2, -0.15) is 0 Å². The van der Waals surface area contributed by atoms with Crippen molar-refractivity contribution in [1.82, 2.24) is 0 Å². The van der Waals surface area contributed by atoms with Crippen molar-refractivity contribution < 1.29 is 0 Å². The van der Waals surface area contributed by atoms with Crippen molar-refractivity contribution >= 4 is 11.4 Å². The molecule has 1 aromatic carbocycles. The molecule has 1 aromatic rings. The van der Waals surface area contributed by atoms with Crippen LogP contribution in [0.3, 0.4) is 0 Å². The van der Waals surface area contributed by atoms with Gasteiger partial charge in [-0.3, -0.25) is 0 Å². The second-order valence-electron chi connectivity index (χ2n) is 4.29. The molecule has 0 radical (unpaired) electrons. The van der Waals surface area contributed by atoms with Crippen molar-refractivity contribution in [2.75, 3.05) is 23.7 Å². The Morgan fingerprint density at radius 3 is 2.53 bits per heavy atom. The summed E-state index contributed by atoms with van der Waals surface area (Å²) in [6, 6.07) is 6.49. The fraction of sp³-hybridized carbons (Fsp3) is 0.538. The van der Waals surface area contributed by atoms with Crippen LogP contribution in [0.25, 0.3) is 0 Å². The van der Waals surface area contributed by atoms with E-state index in [1.54, 1.807) is 0 Å². The van der Waals surface area contributed by atoms with E-state index in [2.05, 4.69) is 30.0 Å². The molecule has 0 amide bonds. The zero-order valence-corrected chi connectivity index (χ0v) is 9.50. The van der Waals surface area contributed by atoms with E-state index < -0.39 is 0 Å². The summed E-state index contributed by atoms with van der Waals surface area (Å²) in [4.78, 5) is 2.41. The Balaban J connectivity index is 2.19. The van der Waals surface area contributed by atoms with Crippen molar-refractivity contribution in [3.05, 3.63) is 23.8 Å². The van der Waals surface area contributed by atoms with Crippen molar-refractivity contribution in [2.45, 2.75) is 32.6 Å². The molecule has 0 bridgehead atoms. The molecule has 15 heavy (non-hydrogen) atoms. The molecule has 0 unspecified atom stereocenters. The summed E-state index contributed by atoms with van der Waals surface area (Å²) in [7, 11) is 0. The molecule has 0 aliphatic carbocycles. The second kappa shape index (κ2) is 4.56. The van der Waals surface area contributed by atoms with Gasteiger partial charge in [0.1, 0.15) is 0 Å². The Hall–Kier alpha value is -1.18. The lowest BCUT2D eigenvalue weighted by molar-refractivity contribution is 0.578. The average molecular weight is 204 g/mol. The summed E-state index contributed by atoms with van der Waals surface area (Å²) in [5, 5.41) is 0. The third-order valence-electron chi connectivity index (χ3n) is 3.20. The van der Waals surface area contributed by atoms with E-state index in [1.165, 1.54) is 30.5 Å². The molecule has 2 heteroatoms. The number of nitrogens with zero attached hydrogens (tertiary/aromatic N) is 1. The zero-order valence-electron chi connectivity index (χ0n) is 9.50. The fourth-order valence-electron chi connectivity index (χ4n) is 2.25. The molecular weight excluding hydrogens is 184 g/mol. The van der Waals surface area contributed by atoms with E-state index in [0.29, 0.717) is 0 Å². The number of nitrogens with two attached hydrogens (primary N) is 1. The van der Waals surface area contributed by atoms with Crippen molar-refractivity contribution in [3.63, 3.8) is 0 Å². The third kappa shape index (κ3) is 2.25. The van der Waals surface area contributed by atoms with Gasteiger partial charge in [-0.25, -0.2) is 0 Å². The van der Waals surface area contributed by atoms with E-state index in [1.807, 2.05) is 0 Å². The van der Waals surface area contributed by atoms with Gasteiger partial charge in [0, 0.05) is 13.1 Å². The SMILES string of the molecule is CCc1ccc(N2CCCCC2)c(N)c1. The molecular formula is C13H20N2. The highest BCUT2D eigenvalue weighted by molar-refractivity contribution is 5.68. The van der Waals surface area contributed by atoms with Crippen molar-refractivity contribution in [3.8, 4) is 0 Å². The first-order valence-corrected chi connectivity index (χ1v) is 5.94. The van der Waals surface area contributed by atoms with Crippen LogP contribution in [0.1, 0.15) is 31.7 Å². The van der Waals surface area contributed by atoms with Gasteiger partial charge in [0.2, 0.25) is 0 Å². The number of aryl methyl sites for hydroxylation is 1. The van der Waals surface area contributed by atoms with Gasteiger partial charge >= 0.3 is 0 Å². The lowest BCUT2D eigenvalue weighted by Crippen LogP contribution is -2.30. The Labute approximate surface area is 92.1 Å². The molecule has 2 N–H and O–H groups in total.